The summed E-state index contributed by atoms with van der Waals surface area (Å²) in [5.41, 5.74) is 1.86. The molecule has 0 N–H and O–H groups in total. The molecule has 0 radical (unpaired) electrons. The normalized spacial score (nSPS) is 11.5. The highest BCUT2D eigenvalue weighted by Crippen LogP contribution is 2.34. The molecule has 0 fully saturated rings. The molecule has 0 unspecified atom stereocenters. The molecule has 66 heavy (non-hydrogen) atoms. The first-order valence-corrected chi connectivity index (χ1v) is 21.4. The molecule has 12 nitrogen and oxygen atoms in total. The summed E-state index contributed by atoms with van der Waals surface area (Å²) in [6.45, 7) is 3.83. The Morgan fingerprint density at radius 1 is 0.576 bits per heavy atom. The summed E-state index contributed by atoms with van der Waals surface area (Å²) in [6, 6.07) is 42.3. The Morgan fingerprint density at radius 3 is 1.77 bits per heavy atom. The molecule has 6 aromatic carbocycles. The van der Waals surface area contributed by atoms with Crippen LogP contribution in [0.4, 0.5) is 20.2 Å². The highest BCUT2D eigenvalue weighted by atomic mass is 19.1. The Balaban J connectivity index is 1.15. The topological polar surface area (TPSA) is 120 Å². The van der Waals surface area contributed by atoms with E-state index in [2.05, 4.69) is 5.10 Å². The van der Waals surface area contributed by atoms with Crippen LogP contribution in [-0.2, 0) is 13.6 Å². The van der Waals surface area contributed by atoms with Crippen LogP contribution in [0.3, 0.4) is 0 Å². The lowest BCUT2D eigenvalue weighted by Gasteiger charge is -2.23. The van der Waals surface area contributed by atoms with Crippen LogP contribution in [0, 0.1) is 11.6 Å². The maximum absolute atomic E-state index is 16.1. The molecule has 0 aliphatic rings. The molecular weight excluding hydrogens is 839 g/mol. The molecule has 0 aliphatic carbocycles. The van der Waals surface area contributed by atoms with Crippen LogP contribution < -0.4 is 20.9 Å². The third-order valence-corrected chi connectivity index (χ3v) is 12.0. The fraction of sp³-hybridized carbons (Fsp3) is 0.115. The van der Waals surface area contributed by atoms with Crippen molar-refractivity contribution in [2.75, 3.05) is 22.9 Å². The third kappa shape index (κ3) is 6.73. The second-order valence-corrected chi connectivity index (χ2v) is 15.8. The first-order chi connectivity index (χ1) is 32.1. The zero-order valence-corrected chi connectivity index (χ0v) is 36.0. The molecule has 4 aromatic heterocycles. The Bertz CT molecular complexity index is 3690. The van der Waals surface area contributed by atoms with E-state index in [1.807, 2.05) is 55.5 Å². The van der Waals surface area contributed by atoms with E-state index in [9.17, 15) is 14.4 Å². The predicted molar refractivity (Wildman–Crippen MR) is 253 cm³/mol. The first-order valence-electron chi connectivity index (χ1n) is 21.4. The van der Waals surface area contributed by atoms with E-state index < -0.39 is 34.6 Å². The van der Waals surface area contributed by atoms with Gasteiger partial charge < -0.3 is 18.9 Å². The van der Waals surface area contributed by atoms with Crippen LogP contribution in [-0.4, -0.2) is 53.6 Å². The van der Waals surface area contributed by atoms with Gasteiger partial charge in [0.15, 0.2) is 11.4 Å². The van der Waals surface area contributed by atoms with Crippen molar-refractivity contribution in [2.24, 2.45) is 7.05 Å². The average Bonchev–Trinajstić information content (AvgIpc) is 3.82. The molecule has 2 amide bonds. The Kier molecular flexibility index (Phi) is 10.4. The van der Waals surface area contributed by atoms with Crippen molar-refractivity contribution in [3.05, 3.63) is 201 Å². The van der Waals surface area contributed by atoms with Gasteiger partial charge in [-0.25, -0.2) is 8.78 Å². The summed E-state index contributed by atoms with van der Waals surface area (Å²) in [4.78, 5) is 61.8. The maximum atomic E-state index is 16.1. The van der Waals surface area contributed by atoms with E-state index in [-0.39, 0.29) is 58.8 Å². The predicted octanol–water partition coefficient (Wildman–Crippen LogP) is 9.19. The molecular formula is C52H40F2N8O4. The average molecular weight is 879 g/mol. The number of carbonyl (C=O) groups is 2. The molecule has 14 heteroatoms. The summed E-state index contributed by atoms with van der Waals surface area (Å²) in [5, 5.41) is 11.1. The quantitative estimate of drug-likeness (QED) is 0.135. The number of carbonyl (C=O) groups excluding carboxylic acids is 2. The zero-order valence-electron chi connectivity index (χ0n) is 36.0. The van der Waals surface area contributed by atoms with Gasteiger partial charge in [-0.2, -0.15) is 19.6 Å². The van der Waals surface area contributed by atoms with Crippen LogP contribution in [0.15, 0.2) is 161 Å². The van der Waals surface area contributed by atoms with Gasteiger partial charge in [0.1, 0.15) is 28.4 Å². The van der Waals surface area contributed by atoms with E-state index in [0.717, 1.165) is 10.2 Å². The van der Waals surface area contributed by atoms with Crippen molar-refractivity contribution in [3.63, 3.8) is 0 Å². The van der Waals surface area contributed by atoms with Crippen molar-refractivity contribution in [3.8, 4) is 11.4 Å². The summed E-state index contributed by atoms with van der Waals surface area (Å²) in [7, 11) is 1.77. The molecule has 10 aromatic rings. The number of aryl methyl sites for hydroxylation is 1. The van der Waals surface area contributed by atoms with Gasteiger partial charge >= 0.3 is 0 Å². The molecule has 4 heterocycles. The van der Waals surface area contributed by atoms with Crippen molar-refractivity contribution in [1.82, 2.24) is 28.7 Å². The number of fused-ring (bicyclic) bond motifs is 6. The number of anilines is 2. The highest BCUT2D eigenvalue weighted by molar-refractivity contribution is 6.21. The van der Waals surface area contributed by atoms with Crippen molar-refractivity contribution in [1.29, 1.82) is 0 Å². The first kappa shape index (κ1) is 41.5. The highest BCUT2D eigenvalue weighted by Gasteiger charge is 2.30. The monoisotopic (exact) mass is 878 g/mol. The second kappa shape index (κ2) is 16.6. The van der Waals surface area contributed by atoms with Gasteiger partial charge in [0.05, 0.1) is 5.69 Å². The van der Waals surface area contributed by atoms with E-state index in [4.69, 9.17) is 5.10 Å². The summed E-state index contributed by atoms with van der Waals surface area (Å²) in [5.74, 6) is -2.47. The number of hydrogen-bond acceptors (Lipinski definition) is 6. The Morgan fingerprint density at radius 2 is 1.11 bits per heavy atom. The maximum Gasteiger partial charge on any atom is 0.296 e. The van der Waals surface area contributed by atoms with Gasteiger partial charge in [-0.3, -0.25) is 19.2 Å². The molecule has 0 saturated carbocycles. The number of para-hydroxylation sites is 5. The van der Waals surface area contributed by atoms with Gasteiger partial charge in [-0.05, 0) is 86.1 Å². The minimum atomic E-state index is -0.725. The molecule has 326 valence electrons. The van der Waals surface area contributed by atoms with Gasteiger partial charge in [0, 0.05) is 70.6 Å². The van der Waals surface area contributed by atoms with Crippen LogP contribution >= 0.6 is 0 Å². The Labute approximate surface area is 375 Å². The molecule has 0 spiro atoms. The third-order valence-electron chi connectivity index (χ3n) is 12.0. The SMILES string of the molecule is CCN(C(=O)c1nn(-c2ccccc2)c(=O)c2c1c1ccccc1n2C)c1cc(F)cc(Cn2c3ccccc3c3c(C(=O)N(CC)c4ccccc4)nn(-c4ccccc4F)c(=O)c32)c1. The summed E-state index contributed by atoms with van der Waals surface area (Å²) < 4.78 is 37.3. The van der Waals surface area contributed by atoms with Crippen LogP contribution in [0.1, 0.15) is 40.4 Å². The van der Waals surface area contributed by atoms with Gasteiger partial charge in [-0.15, -0.1) is 0 Å². The number of halogens is 2. The van der Waals surface area contributed by atoms with Gasteiger partial charge in [0.25, 0.3) is 22.9 Å². The summed E-state index contributed by atoms with van der Waals surface area (Å²) in [6.07, 6.45) is 0. The molecule has 0 saturated heterocycles. The number of amides is 2. The molecule has 0 atom stereocenters. The number of nitrogens with zero attached hydrogens (tertiary/aromatic N) is 8. The smallest absolute Gasteiger partial charge is 0.296 e. The lowest BCUT2D eigenvalue weighted by atomic mass is 10.1. The van der Waals surface area contributed by atoms with Crippen LogP contribution in [0.5, 0.6) is 0 Å². The second-order valence-electron chi connectivity index (χ2n) is 15.8. The van der Waals surface area contributed by atoms with Crippen molar-refractivity contribution < 1.29 is 18.4 Å². The van der Waals surface area contributed by atoms with Crippen molar-refractivity contribution in [2.45, 2.75) is 20.4 Å². The number of benzene rings is 6. The fourth-order valence-corrected chi connectivity index (χ4v) is 9.05. The van der Waals surface area contributed by atoms with E-state index in [1.165, 1.54) is 44.8 Å². The molecule has 0 bridgehead atoms. The Hall–Kier alpha value is -8.52. The standard InChI is InChI=1S/C52H40F2N8O4/c1-4-58(34-18-8-6-9-19-34)49(63)46-44-38-23-13-16-26-41(38)60(48(44)52(66)62(56-46)42-27-17-14-24-39(42)54)31-32-28-33(53)30-36(29-32)59(5-2)50(64)45-43-37-22-12-15-25-40(37)57(3)47(43)51(65)61(55-45)35-20-10-7-11-21-35/h6-30H,4-5,31H2,1-3H3. The van der Waals surface area contributed by atoms with Gasteiger partial charge in [0.2, 0.25) is 0 Å². The lowest BCUT2D eigenvalue weighted by Crippen LogP contribution is -2.34. The molecule has 10 rings (SSSR count). The lowest BCUT2D eigenvalue weighted by molar-refractivity contribution is 0.0976. The van der Waals surface area contributed by atoms with Crippen molar-refractivity contribution >= 4 is 66.8 Å². The van der Waals surface area contributed by atoms with Crippen LogP contribution in [0.2, 0.25) is 0 Å². The minimum absolute atomic E-state index is 0.00432. The largest absolute Gasteiger partial charge is 0.339 e. The van der Waals surface area contributed by atoms with E-state index in [1.54, 1.807) is 95.9 Å². The number of rotatable bonds is 10. The van der Waals surface area contributed by atoms with Crippen LogP contribution in [0.25, 0.3) is 55.0 Å². The summed E-state index contributed by atoms with van der Waals surface area (Å²) >= 11 is 0. The number of aromatic nitrogens is 6. The number of hydrogen-bond donors (Lipinski definition) is 0. The molecule has 0 aliphatic heterocycles. The van der Waals surface area contributed by atoms with E-state index in [0.29, 0.717) is 38.6 Å². The van der Waals surface area contributed by atoms with Gasteiger partial charge in [-0.1, -0.05) is 84.9 Å². The zero-order chi connectivity index (χ0) is 45.8. The van der Waals surface area contributed by atoms with E-state index >= 15 is 13.6 Å². The minimum Gasteiger partial charge on any atom is -0.339 e. The fourth-order valence-electron chi connectivity index (χ4n) is 9.05.